The Bertz CT molecular complexity index is 243. The zero-order chi connectivity index (χ0) is 7.84. The lowest BCUT2D eigenvalue weighted by Crippen LogP contribution is -2.23. The van der Waals surface area contributed by atoms with Gasteiger partial charge in [-0.05, 0) is 12.1 Å². The van der Waals surface area contributed by atoms with Gasteiger partial charge in [-0.25, -0.2) is 0 Å². The van der Waals surface area contributed by atoms with Gasteiger partial charge in [0.1, 0.15) is 0 Å². The zero-order valence-corrected chi connectivity index (χ0v) is 6.91. The lowest BCUT2D eigenvalue weighted by atomic mass is 10.3. The third kappa shape index (κ3) is 0.862. The molecule has 0 saturated carbocycles. The highest BCUT2D eigenvalue weighted by Crippen LogP contribution is 2.32. The second-order valence-corrected chi connectivity index (χ2v) is 3.03. The number of fused-ring (bicyclic) bond motifs is 1. The fraction of sp³-hybridized carbons (Fsp3) is 0.333. The first-order chi connectivity index (χ1) is 5.29. The molecule has 1 heterocycles. The van der Waals surface area contributed by atoms with E-state index < -0.39 is 0 Å². The number of anilines is 2. The molecule has 0 aliphatic carbocycles. The van der Waals surface area contributed by atoms with Crippen LogP contribution in [0.5, 0.6) is 0 Å². The second-order valence-electron chi connectivity index (χ2n) is 3.03. The van der Waals surface area contributed by atoms with E-state index in [1.807, 2.05) is 0 Å². The smallest absolute Gasteiger partial charge is 0.0898 e. The van der Waals surface area contributed by atoms with Gasteiger partial charge >= 0.3 is 0 Å². The number of hydrogen-bond acceptors (Lipinski definition) is 2. The number of nitrogens with zero attached hydrogens (tertiary/aromatic N) is 2. The lowest BCUT2D eigenvalue weighted by molar-refractivity contribution is 0.916. The van der Waals surface area contributed by atoms with E-state index in [0.717, 1.165) is 6.67 Å². The summed E-state index contributed by atoms with van der Waals surface area (Å²) in [5.41, 5.74) is 2.66. The molecule has 0 bridgehead atoms. The normalized spacial score (nSPS) is 15.5. The first kappa shape index (κ1) is 6.53. The van der Waals surface area contributed by atoms with Crippen LogP contribution >= 0.6 is 0 Å². The van der Waals surface area contributed by atoms with E-state index in [-0.39, 0.29) is 0 Å². The molecule has 0 unspecified atom stereocenters. The number of para-hydroxylation sites is 2. The van der Waals surface area contributed by atoms with Gasteiger partial charge in [0.2, 0.25) is 0 Å². The van der Waals surface area contributed by atoms with Gasteiger partial charge in [-0.1, -0.05) is 12.1 Å². The molecule has 1 aromatic carbocycles. The van der Waals surface area contributed by atoms with Crippen molar-refractivity contribution in [2.75, 3.05) is 30.6 Å². The molecule has 0 N–H and O–H groups in total. The minimum absolute atomic E-state index is 0.999. The third-order valence-corrected chi connectivity index (χ3v) is 2.13. The Kier molecular flexibility index (Phi) is 1.28. The largest absolute Gasteiger partial charge is 0.355 e. The lowest BCUT2D eigenvalue weighted by Gasteiger charge is -2.11. The van der Waals surface area contributed by atoms with Crippen molar-refractivity contribution in [1.29, 1.82) is 0 Å². The van der Waals surface area contributed by atoms with Crippen LogP contribution in [0.1, 0.15) is 0 Å². The molecular weight excluding hydrogens is 136 g/mol. The van der Waals surface area contributed by atoms with Crippen LogP contribution in [-0.4, -0.2) is 20.8 Å². The highest BCUT2D eigenvalue weighted by molar-refractivity contribution is 5.75. The van der Waals surface area contributed by atoms with Crippen LogP contribution in [-0.2, 0) is 0 Å². The monoisotopic (exact) mass is 148 g/mol. The van der Waals surface area contributed by atoms with E-state index >= 15 is 0 Å². The molecule has 2 nitrogen and oxygen atoms in total. The Hall–Kier alpha value is -1.18. The van der Waals surface area contributed by atoms with Crippen LogP contribution in [0.4, 0.5) is 11.4 Å². The van der Waals surface area contributed by atoms with Gasteiger partial charge in [0, 0.05) is 14.1 Å². The summed E-state index contributed by atoms with van der Waals surface area (Å²) in [7, 11) is 4.23. The number of rotatable bonds is 0. The Labute approximate surface area is 67.0 Å². The molecule has 58 valence electrons. The molecule has 1 aliphatic rings. The minimum atomic E-state index is 0.999. The van der Waals surface area contributed by atoms with Gasteiger partial charge in [0.25, 0.3) is 0 Å². The van der Waals surface area contributed by atoms with Gasteiger partial charge in [-0.3, -0.25) is 0 Å². The molecule has 0 fully saturated rings. The van der Waals surface area contributed by atoms with E-state index in [1.54, 1.807) is 0 Å². The van der Waals surface area contributed by atoms with Crippen LogP contribution in [0.15, 0.2) is 24.3 Å². The van der Waals surface area contributed by atoms with Gasteiger partial charge in [-0.15, -0.1) is 0 Å². The van der Waals surface area contributed by atoms with Gasteiger partial charge < -0.3 is 9.80 Å². The second kappa shape index (κ2) is 2.16. The molecule has 0 spiro atoms. The Morgan fingerprint density at radius 1 is 1.00 bits per heavy atom. The van der Waals surface area contributed by atoms with Gasteiger partial charge in [0.15, 0.2) is 0 Å². The average Bonchev–Trinajstić information content (AvgIpc) is 2.30. The predicted octanol–water partition coefficient (Wildman–Crippen LogP) is 1.53. The Morgan fingerprint density at radius 2 is 1.45 bits per heavy atom. The highest BCUT2D eigenvalue weighted by Gasteiger charge is 2.18. The van der Waals surface area contributed by atoms with Crippen molar-refractivity contribution < 1.29 is 0 Å². The maximum Gasteiger partial charge on any atom is 0.0898 e. The standard InChI is InChI=1S/C9H12N2/c1-10-7-11(2)9-6-4-3-5-8(9)10/h3-6H,7H2,1-2H3. The van der Waals surface area contributed by atoms with Crippen molar-refractivity contribution in [3.8, 4) is 0 Å². The molecule has 0 saturated heterocycles. The number of hydrogen-bond donors (Lipinski definition) is 0. The SMILES string of the molecule is CN1CN(C)c2ccccc21. The summed E-state index contributed by atoms with van der Waals surface area (Å²) < 4.78 is 0. The summed E-state index contributed by atoms with van der Waals surface area (Å²) in [6, 6.07) is 8.46. The van der Waals surface area contributed by atoms with E-state index in [0.29, 0.717) is 0 Å². The molecule has 2 heteroatoms. The molecule has 2 rings (SSSR count). The predicted molar refractivity (Wildman–Crippen MR) is 48.1 cm³/mol. The Morgan fingerprint density at radius 3 is 1.91 bits per heavy atom. The fourth-order valence-corrected chi connectivity index (χ4v) is 1.58. The summed E-state index contributed by atoms with van der Waals surface area (Å²) in [5.74, 6) is 0. The van der Waals surface area contributed by atoms with Crippen LogP contribution in [0.2, 0.25) is 0 Å². The van der Waals surface area contributed by atoms with Crippen LogP contribution < -0.4 is 9.80 Å². The van der Waals surface area contributed by atoms with Crippen LogP contribution in [0.3, 0.4) is 0 Å². The third-order valence-electron chi connectivity index (χ3n) is 2.13. The maximum absolute atomic E-state index is 2.25. The van der Waals surface area contributed by atoms with E-state index in [1.165, 1.54) is 11.4 Å². The summed E-state index contributed by atoms with van der Waals surface area (Å²) in [5, 5.41) is 0. The molecule has 1 aliphatic heterocycles. The molecular formula is C9H12N2. The average molecular weight is 148 g/mol. The molecule has 1 aromatic rings. The van der Waals surface area contributed by atoms with Crippen LogP contribution in [0.25, 0.3) is 0 Å². The number of benzene rings is 1. The van der Waals surface area contributed by atoms with E-state index in [2.05, 4.69) is 48.2 Å². The zero-order valence-electron chi connectivity index (χ0n) is 6.91. The maximum atomic E-state index is 2.25. The van der Waals surface area contributed by atoms with Crippen molar-refractivity contribution in [1.82, 2.24) is 0 Å². The van der Waals surface area contributed by atoms with Crippen molar-refractivity contribution in [2.24, 2.45) is 0 Å². The molecule has 0 amide bonds. The first-order valence-electron chi connectivity index (χ1n) is 3.80. The van der Waals surface area contributed by atoms with Crippen molar-refractivity contribution in [2.45, 2.75) is 0 Å². The Balaban J connectivity index is 2.52. The molecule has 0 atom stereocenters. The van der Waals surface area contributed by atoms with E-state index in [4.69, 9.17) is 0 Å². The first-order valence-corrected chi connectivity index (χ1v) is 3.80. The van der Waals surface area contributed by atoms with Crippen LogP contribution in [0, 0.1) is 0 Å². The van der Waals surface area contributed by atoms with Gasteiger partial charge in [0.05, 0.1) is 18.0 Å². The van der Waals surface area contributed by atoms with E-state index in [9.17, 15) is 0 Å². The van der Waals surface area contributed by atoms with Crippen molar-refractivity contribution in [3.63, 3.8) is 0 Å². The summed E-state index contributed by atoms with van der Waals surface area (Å²) in [6.45, 7) is 0.999. The molecule has 0 radical (unpaired) electrons. The summed E-state index contributed by atoms with van der Waals surface area (Å²) in [4.78, 5) is 4.49. The quantitative estimate of drug-likeness (QED) is 0.550. The summed E-state index contributed by atoms with van der Waals surface area (Å²) >= 11 is 0. The van der Waals surface area contributed by atoms with Crippen molar-refractivity contribution >= 4 is 11.4 Å². The minimum Gasteiger partial charge on any atom is -0.355 e. The fourth-order valence-electron chi connectivity index (χ4n) is 1.58. The van der Waals surface area contributed by atoms with Gasteiger partial charge in [-0.2, -0.15) is 0 Å². The highest BCUT2D eigenvalue weighted by atomic mass is 15.3. The van der Waals surface area contributed by atoms with Crippen molar-refractivity contribution in [3.05, 3.63) is 24.3 Å². The summed E-state index contributed by atoms with van der Waals surface area (Å²) in [6.07, 6.45) is 0. The molecule has 0 aromatic heterocycles. The molecule has 11 heavy (non-hydrogen) atoms. The topological polar surface area (TPSA) is 6.48 Å².